The first-order valence-electron chi connectivity index (χ1n) is 16.0. The summed E-state index contributed by atoms with van der Waals surface area (Å²) in [7, 11) is 1.65. The maximum atomic E-state index is 12.4. The second-order valence-corrected chi connectivity index (χ2v) is 14.1. The zero-order chi connectivity index (χ0) is 35.4. The lowest BCUT2D eigenvalue weighted by atomic mass is 9.64. The molecule has 11 nitrogen and oxygen atoms in total. The van der Waals surface area contributed by atoms with Crippen LogP contribution in [0.5, 0.6) is 0 Å². The summed E-state index contributed by atoms with van der Waals surface area (Å²) in [6, 6.07) is 16.8. The number of carboxylic acid groups (broad SMARTS) is 1. The number of aliphatic hydroxyl groups excluding tert-OH is 1. The van der Waals surface area contributed by atoms with Crippen molar-refractivity contribution >= 4 is 29.1 Å². The number of benzene rings is 3. The molecule has 0 spiro atoms. The molecule has 3 N–H and O–H groups in total. The number of carbonyl (C=O) groups excluding carboxylic acids is 1. The standard InChI is InChI=1S/C37H45N3O8/c1-8-37(21-36(5,6)22-41)29-19-24(13-14-30(29)38-32(37)28-12-10-9-11-25(28)20-47-7)26-15-23(16-27(18-26)40(45)46)17-31(33(42)43)39-34(44)48-35(2,3)4/h9-16,18-19,31,41H,8,17,20-22H2,1-7H3,(H,39,44)(H,42,43)/t31-,37?/m0/s1. The number of nitrogens with zero attached hydrogens (tertiary/aromatic N) is 2. The molecule has 1 heterocycles. The molecule has 48 heavy (non-hydrogen) atoms. The molecular formula is C37H45N3O8. The summed E-state index contributed by atoms with van der Waals surface area (Å²) < 4.78 is 10.7. The highest BCUT2D eigenvalue weighted by atomic mass is 16.6. The maximum Gasteiger partial charge on any atom is 0.408 e. The first-order valence-corrected chi connectivity index (χ1v) is 16.0. The van der Waals surface area contributed by atoms with Crippen LogP contribution in [0.1, 0.15) is 76.6 Å². The van der Waals surface area contributed by atoms with Gasteiger partial charge in [0.15, 0.2) is 0 Å². The third kappa shape index (κ3) is 8.08. The number of aliphatic imine (C=N–C) groups is 1. The summed E-state index contributed by atoms with van der Waals surface area (Å²) in [4.78, 5) is 41.2. The Bertz CT molecular complexity index is 1730. The zero-order valence-corrected chi connectivity index (χ0v) is 28.6. The van der Waals surface area contributed by atoms with Gasteiger partial charge in [-0.05, 0) is 79.0 Å². The topological polar surface area (TPSA) is 161 Å². The van der Waals surface area contributed by atoms with E-state index in [4.69, 9.17) is 14.5 Å². The number of methoxy groups -OCH3 is 1. The molecule has 3 aromatic rings. The highest BCUT2D eigenvalue weighted by Gasteiger charge is 2.46. The van der Waals surface area contributed by atoms with Gasteiger partial charge in [0.05, 0.1) is 22.9 Å². The highest BCUT2D eigenvalue weighted by Crippen LogP contribution is 2.51. The molecule has 0 bridgehead atoms. The van der Waals surface area contributed by atoms with Gasteiger partial charge < -0.3 is 25.0 Å². The summed E-state index contributed by atoms with van der Waals surface area (Å²) in [6.45, 7) is 11.5. The van der Waals surface area contributed by atoms with Crippen LogP contribution in [-0.2, 0) is 32.7 Å². The SMILES string of the molecule is CCC1(CC(C)(C)CO)C(c2ccccc2COC)=Nc2ccc(-c3cc(C[C@H](NC(=O)OC(C)(C)C)C(=O)O)cc([N+](=O)[O-])c3)cc21. The average molecular weight is 660 g/mol. The van der Waals surface area contributed by atoms with E-state index in [1.807, 2.05) is 56.3 Å². The molecular weight excluding hydrogens is 614 g/mol. The number of nitro groups is 1. The Morgan fingerprint density at radius 3 is 2.35 bits per heavy atom. The Balaban J connectivity index is 1.83. The number of aliphatic hydroxyl groups is 1. The number of hydrogen-bond acceptors (Lipinski definition) is 8. The lowest BCUT2D eigenvalue weighted by Gasteiger charge is -2.38. The molecule has 1 aliphatic rings. The van der Waals surface area contributed by atoms with E-state index in [1.54, 1.807) is 33.9 Å². The van der Waals surface area contributed by atoms with Crippen molar-refractivity contribution in [1.82, 2.24) is 5.32 Å². The number of amides is 1. The van der Waals surface area contributed by atoms with Crippen LogP contribution in [-0.4, -0.2) is 58.3 Å². The van der Waals surface area contributed by atoms with E-state index in [9.17, 15) is 29.9 Å². The molecule has 256 valence electrons. The van der Waals surface area contributed by atoms with Gasteiger partial charge >= 0.3 is 12.1 Å². The Kier molecular flexibility index (Phi) is 10.8. The predicted octanol–water partition coefficient (Wildman–Crippen LogP) is 7.12. The second-order valence-electron chi connectivity index (χ2n) is 14.1. The van der Waals surface area contributed by atoms with Gasteiger partial charge in [-0.2, -0.15) is 0 Å². The number of nitro benzene ring substituents is 1. The Hall–Kier alpha value is -4.61. The van der Waals surface area contributed by atoms with Crippen molar-refractivity contribution in [3.8, 4) is 11.1 Å². The molecule has 0 aromatic heterocycles. The fourth-order valence-corrected chi connectivity index (χ4v) is 6.39. The van der Waals surface area contributed by atoms with Crippen molar-refractivity contribution in [1.29, 1.82) is 0 Å². The van der Waals surface area contributed by atoms with E-state index in [-0.39, 0.29) is 18.7 Å². The van der Waals surface area contributed by atoms with Gasteiger partial charge in [-0.25, -0.2) is 9.59 Å². The Labute approximate surface area is 281 Å². The number of carbonyl (C=O) groups is 2. The van der Waals surface area contributed by atoms with Gasteiger partial charge in [0.1, 0.15) is 11.6 Å². The van der Waals surface area contributed by atoms with Crippen molar-refractivity contribution in [3.05, 3.63) is 93.0 Å². The van der Waals surface area contributed by atoms with Crippen molar-refractivity contribution in [2.45, 2.75) is 84.5 Å². The molecule has 11 heteroatoms. The average Bonchev–Trinajstić information content (AvgIpc) is 3.32. The number of fused-ring (bicyclic) bond motifs is 1. The Morgan fingerprint density at radius 2 is 1.75 bits per heavy atom. The summed E-state index contributed by atoms with van der Waals surface area (Å²) in [5.74, 6) is -1.30. The van der Waals surface area contributed by atoms with Crippen molar-refractivity contribution < 1.29 is 34.2 Å². The summed E-state index contributed by atoms with van der Waals surface area (Å²) in [6.07, 6.45) is 0.148. The summed E-state index contributed by atoms with van der Waals surface area (Å²) in [5.41, 5.74) is 3.99. The molecule has 1 amide bonds. The molecule has 4 rings (SSSR count). The van der Waals surface area contributed by atoms with E-state index >= 15 is 0 Å². The number of nitrogens with one attached hydrogen (secondary N) is 1. The fraction of sp³-hybridized carbons (Fsp3) is 0.432. The monoisotopic (exact) mass is 659 g/mol. The van der Waals surface area contributed by atoms with E-state index in [2.05, 4.69) is 12.2 Å². The van der Waals surface area contributed by atoms with Crippen LogP contribution >= 0.6 is 0 Å². The van der Waals surface area contributed by atoms with E-state index < -0.39 is 39.5 Å². The van der Waals surface area contributed by atoms with Crippen molar-refractivity contribution in [3.63, 3.8) is 0 Å². The number of hydrogen-bond donors (Lipinski definition) is 3. The van der Waals surface area contributed by atoms with Gasteiger partial charge in [0.2, 0.25) is 0 Å². The number of ether oxygens (including phenoxy) is 2. The number of rotatable bonds is 13. The quantitative estimate of drug-likeness (QED) is 0.129. The van der Waals surface area contributed by atoms with Gasteiger partial charge in [-0.1, -0.05) is 57.2 Å². The van der Waals surface area contributed by atoms with Crippen LogP contribution in [0.3, 0.4) is 0 Å². The number of alkyl carbamates (subject to hydrolysis) is 1. The molecule has 1 unspecified atom stereocenters. The third-order valence-corrected chi connectivity index (χ3v) is 8.53. The first kappa shape index (κ1) is 36.2. The van der Waals surface area contributed by atoms with Gasteiger partial charge in [-0.15, -0.1) is 0 Å². The van der Waals surface area contributed by atoms with Crippen LogP contribution in [0.2, 0.25) is 0 Å². The lowest BCUT2D eigenvalue weighted by molar-refractivity contribution is -0.384. The molecule has 0 saturated carbocycles. The molecule has 0 saturated heterocycles. The van der Waals surface area contributed by atoms with Crippen LogP contribution in [0.4, 0.5) is 16.2 Å². The fourth-order valence-electron chi connectivity index (χ4n) is 6.39. The smallest absolute Gasteiger partial charge is 0.408 e. The van der Waals surface area contributed by atoms with E-state index in [1.165, 1.54) is 12.1 Å². The van der Waals surface area contributed by atoms with Crippen molar-refractivity contribution in [2.75, 3.05) is 13.7 Å². The largest absolute Gasteiger partial charge is 0.480 e. The zero-order valence-electron chi connectivity index (χ0n) is 28.6. The minimum absolute atomic E-state index is 0.0346. The van der Waals surface area contributed by atoms with Crippen LogP contribution in [0, 0.1) is 15.5 Å². The molecule has 0 radical (unpaired) electrons. The third-order valence-electron chi connectivity index (χ3n) is 8.53. The van der Waals surface area contributed by atoms with Gasteiger partial charge in [-0.3, -0.25) is 15.1 Å². The molecule has 1 aliphatic heterocycles. The maximum absolute atomic E-state index is 12.4. The minimum Gasteiger partial charge on any atom is -0.480 e. The molecule has 0 aliphatic carbocycles. The summed E-state index contributed by atoms with van der Waals surface area (Å²) >= 11 is 0. The normalized spacial score (nSPS) is 16.5. The van der Waals surface area contributed by atoms with Gasteiger partial charge in [0, 0.05) is 43.2 Å². The highest BCUT2D eigenvalue weighted by molar-refractivity contribution is 6.14. The summed E-state index contributed by atoms with van der Waals surface area (Å²) in [5, 5.41) is 34.7. The number of non-ortho nitro benzene ring substituents is 1. The minimum atomic E-state index is -1.38. The first-order chi connectivity index (χ1) is 22.5. The van der Waals surface area contributed by atoms with E-state index in [0.717, 1.165) is 28.1 Å². The van der Waals surface area contributed by atoms with Crippen molar-refractivity contribution in [2.24, 2.45) is 10.4 Å². The Morgan fingerprint density at radius 1 is 1.04 bits per heavy atom. The molecule has 3 aromatic carbocycles. The molecule has 2 atom stereocenters. The predicted molar refractivity (Wildman–Crippen MR) is 184 cm³/mol. The van der Waals surface area contributed by atoms with Crippen LogP contribution in [0.25, 0.3) is 11.1 Å². The van der Waals surface area contributed by atoms with E-state index in [0.29, 0.717) is 36.1 Å². The van der Waals surface area contributed by atoms with Crippen LogP contribution < -0.4 is 5.32 Å². The number of aliphatic carboxylic acids is 1. The number of carboxylic acids is 1. The molecule has 0 fully saturated rings. The second kappa shape index (κ2) is 14.2. The lowest BCUT2D eigenvalue weighted by Crippen LogP contribution is -2.44. The van der Waals surface area contributed by atoms with Crippen LogP contribution in [0.15, 0.2) is 65.7 Å². The van der Waals surface area contributed by atoms with Gasteiger partial charge in [0.25, 0.3) is 5.69 Å².